The van der Waals surface area contributed by atoms with Gasteiger partial charge in [0.15, 0.2) is 9.84 Å². The number of anilines is 1. The largest absolute Gasteiger partial charge is 0.398 e. The van der Waals surface area contributed by atoms with Gasteiger partial charge < -0.3 is 10.6 Å². The maximum absolute atomic E-state index is 12.2. The van der Waals surface area contributed by atoms with E-state index >= 15 is 0 Å². The monoisotopic (exact) mass is 290 g/mol. The third-order valence-corrected chi connectivity index (χ3v) is 5.10. The first-order valence-electron chi connectivity index (χ1n) is 5.91. The highest BCUT2D eigenvalue weighted by Gasteiger charge is 2.21. The first-order chi connectivity index (χ1) is 8.42. The number of nitrogen functional groups attached to an aromatic ring is 1. The van der Waals surface area contributed by atoms with E-state index in [0.29, 0.717) is 6.54 Å². The molecule has 1 aromatic rings. The molecule has 0 heterocycles. The third kappa shape index (κ3) is 3.60. The maximum Gasteiger partial charge on any atom is 0.183 e. The summed E-state index contributed by atoms with van der Waals surface area (Å²) in [6, 6.07) is 4.74. The van der Waals surface area contributed by atoms with Crippen LogP contribution in [0.1, 0.15) is 13.8 Å². The molecule has 0 saturated heterocycles. The topological polar surface area (TPSA) is 63.4 Å². The van der Waals surface area contributed by atoms with E-state index in [9.17, 15) is 8.42 Å². The van der Waals surface area contributed by atoms with Crippen molar-refractivity contribution in [3.05, 3.63) is 23.2 Å². The third-order valence-electron chi connectivity index (χ3n) is 2.88. The summed E-state index contributed by atoms with van der Waals surface area (Å²) in [4.78, 5) is 2.10. The molecule has 0 amide bonds. The standard InChI is InChI=1S/C12H19ClN2O2S/c1-3-15(4-2)8-9-18(16,17)12-10(13)6-5-7-11(12)14/h5-7H,3-4,8-9,14H2,1-2H3. The minimum atomic E-state index is -3.44. The number of hydrogen-bond donors (Lipinski definition) is 1. The minimum absolute atomic E-state index is 0.0304. The van der Waals surface area contributed by atoms with Gasteiger partial charge in [-0.15, -0.1) is 0 Å². The normalized spacial score (nSPS) is 12.0. The van der Waals surface area contributed by atoms with Crippen molar-refractivity contribution < 1.29 is 8.42 Å². The summed E-state index contributed by atoms with van der Waals surface area (Å²) in [5.41, 5.74) is 5.91. The van der Waals surface area contributed by atoms with Crippen LogP contribution in [0.25, 0.3) is 0 Å². The van der Waals surface area contributed by atoms with Crippen LogP contribution in [0.3, 0.4) is 0 Å². The number of sulfone groups is 1. The highest BCUT2D eigenvalue weighted by Crippen LogP contribution is 2.27. The second-order valence-electron chi connectivity index (χ2n) is 4.00. The molecule has 0 saturated carbocycles. The van der Waals surface area contributed by atoms with Gasteiger partial charge in [-0.2, -0.15) is 0 Å². The Labute approximate surface area is 114 Å². The number of rotatable bonds is 6. The highest BCUT2D eigenvalue weighted by atomic mass is 35.5. The van der Waals surface area contributed by atoms with Crippen molar-refractivity contribution >= 4 is 27.1 Å². The van der Waals surface area contributed by atoms with Gasteiger partial charge in [0.25, 0.3) is 0 Å². The van der Waals surface area contributed by atoms with Gasteiger partial charge in [0.2, 0.25) is 0 Å². The molecular formula is C12H19ClN2O2S. The van der Waals surface area contributed by atoms with Crippen molar-refractivity contribution in [2.24, 2.45) is 0 Å². The summed E-state index contributed by atoms with van der Waals surface area (Å²) < 4.78 is 24.4. The van der Waals surface area contributed by atoms with Crippen LogP contribution in [-0.2, 0) is 9.84 Å². The van der Waals surface area contributed by atoms with Crippen LogP contribution in [0.15, 0.2) is 23.1 Å². The average Bonchev–Trinajstić information content (AvgIpc) is 2.29. The number of benzene rings is 1. The quantitative estimate of drug-likeness (QED) is 0.814. The van der Waals surface area contributed by atoms with Crippen LogP contribution in [0.5, 0.6) is 0 Å². The lowest BCUT2D eigenvalue weighted by molar-refractivity contribution is 0.321. The molecule has 0 aliphatic carbocycles. The van der Waals surface area contributed by atoms with E-state index in [1.165, 1.54) is 0 Å². The molecule has 0 atom stereocenters. The summed E-state index contributed by atoms with van der Waals surface area (Å²) >= 11 is 5.92. The second-order valence-corrected chi connectivity index (χ2v) is 6.46. The Kier molecular flexibility index (Phi) is 5.44. The van der Waals surface area contributed by atoms with E-state index in [0.717, 1.165) is 13.1 Å². The summed E-state index contributed by atoms with van der Waals surface area (Å²) in [5.74, 6) is 0.0304. The lowest BCUT2D eigenvalue weighted by Crippen LogP contribution is -2.29. The number of hydrogen-bond acceptors (Lipinski definition) is 4. The molecule has 0 radical (unpaired) electrons. The van der Waals surface area contributed by atoms with Crippen LogP contribution >= 0.6 is 11.6 Å². The predicted octanol–water partition coefficient (Wildman–Crippen LogP) is 2.04. The average molecular weight is 291 g/mol. The fraction of sp³-hybridized carbons (Fsp3) is 0.500. The van der Waals surface area contributed by atoms with Crippen molar-refractivity contribution in [2.75, 3.05) is 31.1 Å². The summed E-state index contributed by atoms with van der Waals surface area (Å²) in [6.07, 6.45) is 0. The van der Waals surface area contributed by atoms with Gasteiger partial charge in [-0.1, -0.05) is 31.5 Å². The van der Waals surface area contributed by atoms with E-state index in [4.69, 9.17) is 17.3 Å². The molecule has 0 unspecified atom stereocenters. The molecule has 0 aliphatic rings. The lowest BCUT2D eigenvalue weighted by Gasteiger charge is -2.18. The molecule has 1 rings (SSSR count). The number of halogens is 1. The smallest absolute Gasteiger partial charge is 0.183 e. The Morgan fingerprint density at radius 1 is 1.28 bits per heavy atom. The second kappa shape index (κ2) is 6.41. The molecule has 4 nitrogen and oxygen atoms in total. The van der Waals surface area contributed by atoms with Crippen molar-refractivity contribution in [2.45, 2.75) is 18.7 Å². The molecule has 2 N–H and O–H groups in total. The molecule has 0 aliphatic heterocycles. The summed E-state index contributed by atoms with van der Waals surface area (Å²) in [7, 11) is -3.44. The fourth-order valence-corrected chi connectivity index (χ4v) is 3.77. The van der Waals surface area contributed by atoms with Crippen molar-refractivity contribution in [3.8, 4) is 0 Å². The van der Waals surface area contributed by atoms with E-state index in [2.05, 4.69) is 0 Å². The van der Waals surface area contributed by atoms with Gasteiger partial charge in [-0.05, 0) is 25.2 Å². The van der Waals surface area contributed by atoms with Crippen molar-refractivity contribution in [1.29, 1.82) is 0 Å². The molecule has 18 heavy (non-hydrogen) atoms. The van der Waals surface area contributed by atoms with Gasteiger partial charge in [-0.25, -0.2) is 8.42 Å². The highest BCUT2D eigenvalue weighted by molar-refractivity contribution is 7.91. The Morgan fingerprint density at radius 3 is 2.39 bits per heavy atom. The Morgan fingerprint density at radius 2 is 1.89 bits per heavy atom. The zero-order valence-corrected chi connectivity index (χ0v) is 12.3. The number of nitrogens with zero attached hydrogens (tertiary/aromatic N) is 1. The van der Waals surface area contributed by atoms with Crippen LogP contribution < -0.4 is 5.73 Å². The van der Waals surface area contributed by atoms with Crippen LogP contribution in [-0.4, -0.2) is 38.7 Å². The summed E-state index contributed by atoms with van der Waals surface area (Å²) in [5, 5.41) is 0.189. The SMILES string of the molecule is CCN(CC)CCS(=O)(=O)c1c(N)cccc1Cl. The zero-order valence-electron chi connectivity index (χ0n) is 10.7. The first-order valence-corrected chi connectivity index (χ1v) is 7.94. The molecule has 0 bridgehead atoms. The Bertz CT molecular complexity index is 479. The molecule has 1 aromatic carbocycles. The first kappa shape index (κ1) is 15.3. The van der Waals surface area contributed by atoms with Crippen LogP contribution in [0, 0.1) is 0 Å². The predicted molar refractivity (Wildman–Crippen MR) is 75.7 cm³/mol. The van der Waals surface area contributed by atoms with E-state index < -0.39 is 9.84 Å². The molecule has 0 fully saturated rings. The Balaban J connectivity index is 2.94. The Hall–Kier alpha value is -0.780. The van der Waals surface area contributed by atoms with E-state index in [-0.39, 0.29) is 21.4 Å². The van der Waals surface area contributed by atoms with Gasteiger partial charge in [-0.3, -0.25) is 0 Å². The van der Waals surface area contributed by atoms with Crippen LogP contribution in [0.2, 0.25) is 5.02 Å². The van der Waals surface area contributed by atoms with Gasteiger partial charge >= 0.3 is 0 Å². The van der Waals surface area contributed by atoms with Crippen LogP contribution in [0.4, 0.5) is 5.69 Å². The summed E-state index contributed by atoms with van der Waals surface area (Å²) in [6.45, 7) is 6.13. The van der Waals surface area contributed by atoms with Gasteiger partial charge in [0.1, 0.15) is 4.90 Å². The molecule has 0 aromatic heterocycles. The van der Waals surface area contributed by atoms with E-state index in [1.54, 1.807) is 18.2 Å². The van der Waals surface area contributed by atoms with Crippen molar-refractivity contribution in [3.63, 3.8) is 0 Å². The maximum atomic E-state index is 12.2. The number of nitrogens with two attached hydrogens (primary N) is 1. The fourth-order valence-electron chi connectivity index (χ4n) is 1.74. The molecule has 6 heteroatoms. The van der Waals surface area contributed by atoms with Gasteiger partial charge in [0.05, 0.1) is 16.5 Å². The lowest BCUT2D eigenvalue weighted by atomic mass is 10.3. The van der Waals surface area contributed by atoms with Gasteiger partial charge in [0, 0.05) is 6.54 Å². The molecular weight excluding hydrogens is 272 g/mol. The minimum Gasteiger partial charge on any atom is -0.398 e. The molecule has 0 spiro atoms. The van der Waals surface area contributed by atoms with Crippen molar-refractivity contribution in [1.82, 2.24) is 4.90 Å². The molecule has 102 valence electrons. The zero-order chi connectivity index (χ0) is 13.8. The van der Waals surface area contributed by atoms with E-state index in [1.807, 2.05) is 18.7 Å².